The van der Waals surface area contributed by atoms with Crippen LogP contribution in [-0.2, 0) is 11.3 Å². The van der Waals surface area contributed by atoms with Gasteiger partial charge < -0.3 is 15.4 Å². The molecule has 0 aliphatic heterocycles. The summed E-state index contributed by atoms with van der Waals surface area (Å²) in [6, 6.07) is 13.5. The van der Waals surface area contributed by atoms with Crippen molar-refractivity contribution in [3.05, 3.63) is 86.2 Å². The maximum atomic E-state index is 14.1. The zero-order chi connectivity index (χ0) is 25.5. The number of halogens is 1. The summed E-state index contributed by atoms with van der Waals surface area (Å²) in [6.45, 7) is 1.73. The third kappa shape index (κ3) is 6.10. The minimum absolute atomic E-state index is 0.0513. The quantitative estimate of drug-likeness (QED) is 0.227. The SMILES string of the molecule is COc1cc(/N=N/c2cc(F)c([N+](=O)[O-])cc2[N+](=O)[O-])c(NC(C)=O)cc1NCc1ccccc1. The molecule has 0 saturated heterocycles. The third-order valence-electron chi connectivity index (χ3n) is 4.66. The van der Waals surface area contributed by atoms with Gasteiger partial charge in [0, 0.05) is 25.6 Å². The minimum atomic E-state index is -1.31. The Kier molecular flexibility index (Phi) is 7.61. The van der Waals surface area contributed by atoms with Gasteiger partial charge in [0.25, 0.3) is 0 Å². The van der Waals surface area contributed by atoms with Crippen LogP contribution < -0.4 is 15.4 Å². The Balaban J connectivity index is 2.02. The molecule has 1 amide bonds. The van der Waals surface area contributed by atoms with Crippen molar-refractivity contribution < 1.29 is 23.8 Å². The first-order chi connectivity index (χ1) is 16.7. The van der Waals surface area contributed by atoms with Crippen molar-refractivity contribution >= 4 is 40.0 Å². The van der Waals surface area contributed by atoms with E-state index < -0.39 is 38.6 Å². The highest BCUT2D eigenvalue weighted by molar-refractivity contribution is 5.93. The molecule has 0 bridgehead atoms. The summed E-state index contributed by atoms with van der Waals surface area (Å²) in [5.74, 6) is -1.41. The van der Waals surface area contributed by atoms with E-state index in [0.29, 0.717) is 30.1 Å². The smallest absolute Gasteiger partial charge is 0.311 e. The predicted octanol–water partition coefficient (Wildman–Crippen LogP) is 5.64. The topological polar surface area (TPSA) is 161 Å². The molecule has 3 aromatic rings. The Morgan fingerprint density at radius 2 is 1.63 bits per heavy atom. The number of methoxy groups -OCH3 is 1. The number of nitrogens with one attached hydrogen (secondary N) is 2. The van der Waals surface area contributed by atoms with Gasteiger partial charge in [0.05, 0.1) is 34.4 Å². The van der Waals surface area contributed by atoms with E-state index in [1.807, 2.05) is 30.3 Å². The second-order valence-electron chi connectivity index (χ2n) is 7.10. The molecule has 0 fully saturated rings. The lowest BCUT2D eigenvalue weighted by Gasteiger charge is -2.15. The minimum Gasteiger partial charge on any atom is -0.495 e. The van der Waals surface area contributed by atoms with Gasteiger partial charge in [-0.1, -0.05) is 30.3 Å². The average Bonchev–Trinajstić information content (AvgIpc) is 2.81. The first kappa shape index (κ1) is 24.7. The Morgan fingerprint density at radius 1 is 0.971 bits per heavy atom. The van der Waals surface area contributed by atoms with Crippen molar-refractivity contribution in [3.8, 4) is 5.75 Å². The van der Waals surface area contributed by atoms with Crippen molar-refractivity contribution in [2.24, 2.45) is 10.2 Å². The Labute approximate surface area is 197 Å². The van der Waals surface area contributed by atoms with E-state index in [1.54, 1.807) is 6.07 Å². The highest BCUT2D eigenvalue weighted by atomic mass is 19.1. The molecule has 0 saturated carbocycles. The maximum Gasteiger partial charge on any atom is 0.311 e. The summed E-state index contributed by atoms with van der Waals surface area (Å²) < 4.78 is 19.5. The van der Waals surface area contributed by atoms with Crippen LogP contribution in [0.1, 0.15) is 12.5 Å². The van der Waals surface area contributed by atoms with Gasteiger partial charge in [-0.25, -0.2) is 0 Å². The van der Waals surface area contributed by atoms with Gasteiger partial charge in [0.1, 0.15) is 11.4 Å². The second-order valence-corrected chi connectivity index (χ2v) is 7.10. The van der Waals surface area contributed by atoms with Gasteiger partial charge in [-0.15, -0.1) is 10.2 Å². The fraction of sp³-hybridized carbons (Fsp3) is 0.136. The number of carbonyl (C=O) groups excluding carboxylic acids is 1. The van der Waals surface area contributed by atoms with Crippen LogP contribution in [0.15, 0.2) is 64.8 Å². The first-order valence-electron chi connectivity index (χ1n) is 10.0. The fourth-order valence-corrected chi connectivity index (χ4v) is 3.06. The number of azo groups is 1. The van der Waals surface area contributed by atoms with E-state index in [-0.39, 0.29) is 11.4 Å². The Hall–Kier alpha value is -4.94. The first-order valence-corrected chi connectivity index (χ1v) is 10.0. The van der Waals surface area contributed by atoms with Crippen LogP contribution in [0.5, 0.6) is 5.75 Å². The van der Waals surface area contributed by atoms with Crippen molar-refractivity contribution in [2.45, 2.75) is 13.5 Å². The predicted molar refractivity (Wildman–Crippen MR) is 125 cm³/mol. The van der Waals surface area contributed by atoms with Crippen molar-refractivity contribution in [1.29, 1.82) is 0 Å². The number of carbonyl (C=O) groups is 1. The van der Waals surface area contributed by atoms with Crippen molar-refractivity contribution in [3.63, 3.8) is 0 Å². The zero-order valence-corrected chi connectivity index (χ0v) is 18.5. The molecule has 0 heterocycles. The van der Waals surface area contributed by atoms with Crippen LogP contribution in [0.4, 0.5) is 38.5 Å². The number of amides is 1. The number of nitro groups is 2. The lowest BCUT2D eigenvalue weighted by Crippen LogP contribution is -2.08. The molecule has 0 aliphatic carbocycles. The largest absolute Gasteiger partial charge is 0.495 e. The summed E-state index contributed by atoms with van der Waals surface area (Å²) in [4.78, 5) is 32.0. The monoisotopic (exact) mass is 482 g/mol. The molecule has 0 aromatic heterocycles. The number of nitrogens with zero attached hydrogens (tertiary/aromatic N) is 4. The van der Waals surface area contributed by atoms with Gasteiger partial charge in [0.2, 0.25) is 11.7 Å². The van der Waals surface area contributed by atoms with Crippen LogP contribution in [0, 0.1) is 26.0 Å². The number of nitro benzene ring substituents is 2. The van der Waals surface area contributed by atoms with Gasteiger partial charge in [-0.05, 0) is 11.6 Å². The molecule has 3 aromatic carbocycles. The fourth-order valence-electron chi connectivity index (χ4n) is 3.06. The molecule has 0 atom stereocenters. The number of hydrogen-bond acceptors (Lipinski definition) is 9. The highest BCUT2D eigenvalue weighted by Gasteiger charge is 2.25. The number of hydrogen-bond donors (Lipinski definition) is 2. The van der Waals surface area contributed by atoms with Crippen LogP contribution >= 0.6 is 0 Å². The summed E-state index contributed by atoms with van der Waals surface area (Å²) in [7, 11) is 1.42. The molecule has 0 spiro atoms. The Morgan fingerprint density at radius 3 is 2.23 bits per heavy atom. The molecule has 2 N–H and O–H groups in total. The lowest BCUT2D eigenvalue weighted by molar-refractivity contribution is -0.395. The van der Waals surface area contributed by atoms with E-state index in [0.717, 1.165) is 5.56 Å². The lowest BCUT2D eigenvalue weighted by atomic mass is 10.2. The van der Waals surface area contributed by atoms with Crippen molar-refractivity contribution in [2.75, 3.05) is 17.7 Å². The molecule has 12 nitrogen and oxygen atoms in total. The molecule has 13 heteroatoms. The van der Waals surface area contributed by atoms with E-state index in [2.05, 4.69) is 20.9 Å². The zero-order valence-electron chi connectivity index (χ0n) is 18.5. The number of benzene rings is 3. The van der Waals surface area contributed by atoms with Gasteiger partial charge in [0.15, 0.2) is 5.69 Å². The molecule has 0 unspecified atom stereocenters. The summed E-state index contributed by atoms with van der Waals surface area (Å²) in [5, 5.41) is 35.7. The van der Waals surface area contributed by atoms with Crippen molar-refractivity contribution in [1.82, 2.24) is 0 Å². The van der Waals surface area contributed by atoms with Crippen LogP contribution in [0.3, 0.4) is 0 Å². The third-order valence-corrected chi connectivity index (χ3v) is 4.66. The molecule has 35 heavy (non-hydrogen) atoms. The van der Waals surface area contributed by atoms with E-state index in [9.17, 15) is 29.4 Å². The normalized spacial score (nSPS) is 10.7. The number of anilines is 2. The van der Waals surface area contributed by atoms with Gasteiger partial charge >= 0.3 is 11.4 Å². The molecule has 0 aliphatic rings. The average molecular weight is 482 g/mol. The molecular weight excluding hydrogens is 463 g/mol. The molecule has 3 rings (SSSR count). The summed E-state index contributed by atoms with van der Waals surface area (Å²) >= 11 is 0. The van der Waals surface area contributed by atoms with E-state index in [1.165, 1.54) is 20.1 Å². The van der Waals surface area contributed by atoms with E-state index >= 15 is 0 Å². The van der Waals surface area contributed by atoms with Crippen LogP contribution in [0.25, 0.3) is 0 Å². The van der Waals surface area contributed by atoms with Gasteiger partial charge in [-0.2, -0.15) is 4.39 Å². The summed E-state index contributed by atoms with van der Waals surface area (Å²) in [6.07, 6.45) is 0. The molecule has 180 valence electrons. The van der Waals surface area contributed by atoms with Crippen LogP contribution in [-0.4, -0.2) is 22.9 Å². The number of ether oxygens (including phenoxy) is 1. The highest BCUT2D eigenvalue weighted by Crippen LogP contribution is 2.39. The van der Waals surface area contributed by atoms with Gasteiger partial charge in [-0.3, -0.25) is 25.0 Å². The number of rotatable bonds is 9. The molecular formula is C22H19FN6O6. The standard InChI is InChI=1S/C22H19FN6O6/c1-13(30)25-16-9-19(24-12-14-6-4-3-5-7-14)22(35-2)10-17(16)26-27-18-8-15(23)20(28(31)32)11-21(18)29(33)34/h3-11,24H,12H2,1-2H3,(H,25,30)/b27-26+. The van der Waals surface area contributed by atoms with Crippen LogP contribution in [0.2, 0.25) is 0 Å². The molecule has 0 radical (unpaired) electrons. The summed E-state index contributed by atoms with van der Waals surface area (Å²) in [5.41, 5.74) is -0.658. The maximum absolute atomic E-state index is 14.1. The van der Waals surface area contributed by atoms with E-state index in [4.69, 9.17) is 4.74 Å². The second kappa shape index (κ2) is 10.8. The Bertz CT molecular complexity index is 1320.